The predicted octanol–water partition coefficient (Wildman–Crippen LogP) is 1.51. The lowest BCUT2D eigenvalue weighted by atomic mass is 9.33. The van der Waals surface area contributed by atoms with Crippen LogP contribution in [0.25, 0.3) is 0 Å². The quantitative estimate of drug-likeness (QED) is 0.111. The maximum atomic E-state index is 12.4. The number of carbonyl (C=O) groups excluding carboxylic acids is 1. The van der Waals surface area contributed by atoms with Crippen LogP contribution in [0.4, 0.5) is 0 Å². The van der Waals surface area contributed by atoms with E-state index < -0.39 is 95.3 Å². The molecule has 1 aliphatic heterocycles. The van der Waals surface area contributed by atoms with Gasteiger partial charge in [-0.05, 0) is 84.4 Å². The number of rotatable bonds is 6. The SMILES string of the molecule is CC(=O)O[C@H]1[C@H](O)C(C)(C)CC2C3=CCC4[C@@]5(C)CC[C@H](O[C@@H]6O[C@H](C(=O)O)[C@@H](O)[C@H](O)[C@H]6O)[C@@](C)(CO)C5CC[C@@]4(C)[C@]3(C)C[C@@H](O)[C@]21CO. The molecule has 1 saturated heterocycles. The first-order valence-electron chi connectivity index (χ1n) is 18.6. The molecule has 0 aromatic carbocycles. The molecule has 0 aromatic rings. The van der Waals surface area contributed by atoms with Crippen LogP contribution in [0.3, 0.4) is 0 Å². The molecule has 290 valence electrons. The lowest BCUT2D eigenvalue weighted by molar-refractivity contribution is -0.328. The summed E-state index contributed by atoms with van der Waals surface area (Å²) in [5, 5.41) is 86.8. The molecule has 0 spiro atoms. The Kier molecular flexibility index (Phi) is 9.71. The Morgan fingerprint density at radius 1 is 0.882 bits per heavy atom. The number of hydrogen-bond donors (Lipinski definition) is 8. The molecule has 0 bridgehead atoms. The monoisotopic (exact) mass is 724 g/mol. The maximum Gasteiger partial charge on any atom is 0.335 e. The van der Waals surface area contributed by atoms with Gasteiger partial charge in [0.25, 0.3) is 0 Å². The first-order chi connectivity index (χ1) is 23.6. The number of esters is 1. The first-order valence-corrected chi connectivity index (χ1v) is 18.6. The maximum absolute atomic E-state index is 12.4. The Labute approximate surface area is 300 Å². The molecule has 4 saturated carbocycles. The summed E-state index contributed by atoms with van der Waals surface area (Å²) in [6.45, 7) is 13.2. The van der Waals surface area contributed by atoms with E-state index >= 15 is 0 Å². The Balaban J connectivity index is 1.35. The Bertz CT molecular complexity index is 1420. The van der Waals surface area contributed by atoms with Crippen LogP contribution in [0, 0.1) is 50.2 Å². The normalized spacial score (nSPS) is 53.4. The third-order valence-electron chi connectivity index (χ3n) is 15.9. The van der Waals surface area contributed by atoms with Gasteiger partial charge in [-0.1, -0.05) is 53.2 Å². The number of ether oxygens (including phenoxy) is 3. The number of carbonyl (C=O) groups is 2. The molecule has 51 heavy (non-hydrogen) atoms. The number of aliphatic hydroxyl groups excluding tert-OH is 7. The molecule has 0 radical (unpaired) electrons. The molecule has 0 amide bonds. The van der Waals surface area contributed by atoms with Crippen LogP contribution in [0.1, 0.15) is 93.4 Å². The average Bonchev–Trinajstić information content (AvgIpc) is 3.04. The highest BCUT2D eigenvalue weighted by Gasteiger charge is 2.73. The van der Waals surface area contributed by atoms with Gasteiger partial charge in [-0.25, -0.2) is 4.79 Å². The molecule has 6 rings (SSSR count). The van der Waals surface area contributed by atoms with E-state index in [1.54, 1.807) is 0 Å². The molecule has 5 fully saturated rings. The third-order valence-corrected chi connectivity index (χ3v) is 15.9. The van der Waals surface area contributed by atoms with Gasteiger partial charge in [0.1, 0.15) is 24.4 Å². The number of allylic oxidation sites excluding steroid dienone is 2. The molecule has 3 unspecified atom stereocenters. The van der Waals surface area contributed by atoms with Crippen molar-refractivity contribution in [1.82, 2.24) is 0 Å². The summed E-state index contributed by atoms with van der Waals surface area (Å²) >= 11 is 0. The van der Waals surface area contributed by atoms with Crippen molar-refractivity contribution in [3.63, 3.8) is 0 Å². The van der Waals surface area contributed by atoms with Gasteiger partial charge in [0.15, 0.2) is 12.4 Å². The van der Waals surface area contributed by atoms with E-state index in [0.717, 1.165) is 12.0 Å². The zero-order valence-corrected chi connectivity index (χ0v) is 31.0. The lowest BCUT2D eigenvalue weighted by Crippen LogP contribution is -2.72. The van der Waals surface area contributed by atoms with Crippen molar-refractivity contribution in [3.8, 4) is 0 Å². The van der Waals surface area contributed by atoms with Crippen LogP contribution in [-0.2, 0) is 23.8 Å². The van der Waals surface area contributed by atoms with Gasteiger partial charge in [-0.15, -0.1) is 0 Å². The second kappa shape index (κ2) is 12.7. The molecular formula is C38H60O13. The number of carboxylic acid groups (broad SMARTS) is 1. The second-order valence-corrected chi connectivity index (χ2v) is 18.6. The number of carboxylic acids is 1. The van der Waals surface area contributed by atoms with Crippen molar-refractivity contribution in [1.29, 1.82) is 0 Å². The fourth-order valence-corrected chi connectivity index (χ4v) is 12.8. The number of fused-ring (bicyclic) bond motifs is 7. The minimum absolute atomic E-state index is 0.0564. The second-order valence-electron chi connectivity index (χ2n) is 18.6. The molecule has 0 aromatic heterocycles. The fourth-order valence-electron chi connectivity index (χ4n) is 12.8. The van der Waals surface area contributed by atoms with Crippen molar-refractivity contribution < 1.29 is 64.7 Å². The van der Waals surface area contributed by atoms with Crippen LogP contribution in [0.5, 0.6) is 0 Å². The molecule has 13 heteroatoms. The first kappa shape index (κ1) is 39.0. The summed E-state index contributed by atoms with van der Waals surface area (Å²) in [6, 6.07) is 0. The summed E-state index contributed by atoms with van der Waals surface area (Å²) in [4.78, 5) is 24.1. The van der Waals surface area contributed by atoms with Crippen molar-refractivity contribution >= 4 is 11.9 Å². The Morgan fingerprint density at radius 3 is 2.14 bits per heavy atom. The number of aliphatic hydroxyl groups is 7. The average molecular weight is 725 g/mol. The van der Waals surface area contributed by atoms with Gasteiger partial charge in [0.2, 0.25) is 0 Å². The van der Waals surface area contributed by atoms with Gasteiger partial charge in [0, 0.05) is 12.3 Å². The van der Waals surface area contributed by atoms with Crippen molar-refractivity contribution in [2.75, 3.05) is 13.2 Å². The van der Waals surface area contributed by atoms with Crippen molar-refractivity contribution in [2.45, 2.75) is 149 Å². The van der Waals surface area contributed by atoms with Crippen LogP contribution >= 0.6 is 0 Å². The molecule has 8 N–H and O–H groups in total. The highest BCUT2D eigenvalue weighted by molar-refractivity contribution is 5.73. The van der Waals surface area contributed by atoms with Crippen LogP contribution in [-0.4, -0.2) is 121 Å². The van der Waals surface area contributed by atoms with Gasteiger partial charge in [0.05, 0.1) is 36.9 Å². The number of aliphatic carboxylic acids is 1. The summed E-state index contributed by atoms with van der Waals surface area (Å²) in [7, 11) is 0. The largest absolute Gasteiger partial charge is 0.479 e. The van der Waals surface area contributed by atoms with E-state index in [0.29, 0.717) is 38.5 Å². The third kappa shape index (κ3) is 5.27. The zero-order chi connectivity index (χ0) is 37.9. The molecule has 6 aliphatic rings. The van der Waals surface area contributed by atoms with E-state index in [1.807, 2.05) is 20.8 Å². The van der Waals surface area contributed by atoms with Crippen LogP contribution < -0.4 is 0 Å². The summed E-state index contributed by atoms with van der Waals surface area (Å²) in [6.07, 6.45) is -6.11. The van der Waals surface area contributed by atoms with E-state index in [4.69, 9.17) is 14.2 Å². The van der Waals surface area contributed by atoms with Gasteiger partial charge in [-0.2, -0.15) is 0 Å². The summed E-state index contributed by atoms with van der Waals surface area (Å²) < 4.78 is 17.6. The molecule has 17 atom stereocenters. The topological polar surface area (TPSA) is 224 Å². The van der Waals surface area contributed by atoms with E-state index in [9.17, 15) is 50.4 Å². The molecule has 13 nitrogen and oxygen atoms in total. The van der Waals surface area contributed by atoms with E-state index in [2.05, 4.69) is 26.8 Å². The van der Waals surface area contributed by atoms with E-state index in [-0.39, 0.29) is 35.2 Å². The Hall–Kier alpha value is -1.68. The zero-order valence-electron chi connectivity index (χ0n) is 31.0. The molecular weight excluding hydrogens is 664 g/mol. The predicted molar refractivity (Wildman–Crippen MR) is 180 cm³/mol. The Morgan fingerprint density at radius 2 is 1.55 bits per heavy atom. The van der Waals surface area contributed by atoms with Crippen LogP contribution in [0.2, 0.25) is 0 Å². The summed E-state index contributed by atoms with van der Waals surface area (Å²) in [5.41, 5.74) is -2.75. The number of hydrogen-bond acceptors (Lipinski definition) is 12. The van der Waals surface area contributed by atoms with Gasteiger partial charge >= 0.3 is 11.9 Å². The highest BCUT2D eigenvalue weighted by Crippen LogP contribution is 2.76. The lowest BCUT2D eigenvalue weighted by Gasteiger charge is -2.72. The molecule has 5 aliphatic carbocycles. The smallest absolute Gasteiger partial charge is 0.335 e. The minimum Gasteiger partial charge on any atom is -0.479 e. The van der Waals surface area contributed by atoms with E-state index in [1.165, 1.54) is 6.92 Å². The minimum atomic E-state index is -1.84. The molecule has 1 heterocycles. The van der Waals surface area contributed by atoms with Gasteiger partial charge in [-0.3, -0.25) is 4.79 Å². The highest BCUT2D eigenvalue weighted by atomic mass is 16.7. The van der Waals surface area contributed by atoms with Crippen molar-refractivity contribution in [3.05, 3.63) is 11.6 Å². The summed E-state index contributed by atoms with van der Waals surface area (Å²) in [5.74, 6) is -2.36. The van der Waals surface area contributed by atoms with Crippen molar-refractivity contribution in [2.24, 2.45) is 50.2 Å². The standard InChI is InChI=1S/C38H60O13/c1-18(41)49-30-29(46)33(2,3)14-20-19-8-9-22-34(4)12-11-24(50-32-27(45)25(43)26(44)28(51-32)31(47)48)35(5,16-39)21(34)10-13-36(22,6)37(19,7)15-23(42)38(20,30)17-40/h8,20-30,32,39-40,42-46H,9-17H2,1-7H3,(H,47,48)/t20?,21?,22?,23-,24+,25+,26+,27-,28+,29+,30+,32-,34+,35+,36-,37-,38+/m1/s1. The van der Waals surface area contributed by atoms with Crippen LogP contribution in [0.15, 0.2) is 11.6 Å². The van der Waals surface area contributed by atoms with Gasteiger partial charge < -0.3 is 55.1 Å². The fraction of sp³-hybridized carbons (Fsp3) is 0.895.